The van der Waals surface area contributed by atoms with E-state index in [1.54, 1.807) is 17.0 Å². The molecule has 0 aromatic heterocycles. The first kappa shape index (κ1) is 26.6. The quantitative estimate of drug-likeness (QED) is 0.293. The Bertz CT molecular complexity index is 1090. The zero-order chi connectivity index (χ0) is 25.7. The molecule has 35 heavy (non-hydrogen) atoms. The number of nitrogens with zero attached hydrogens (tertiary/aromatic N) is 3. The molecule has 0 bridgehead atoms. The topological polar surface area (TPSA) is 73.3 Å². The van der Waals surface area contributed by atoms with Crippen LogP contribution in [0.5, 0.6) is 5.75 Å². The van der Waals surface area contributed by atoms with E-state index in [9.17, 15) is 14.7 Å². The molecule has 1 unspecified atom stereocenters. The molecule has 1 fully saturated rings. The van der Waals surface area contributed by atoms with Gasteiger partial charge in [-0.25, -0.2) is 0 Å². The maximum atomic E-state index is 13.2. The summed E-state index contributed by atoms with van der Waals surface area (Å²) in [6.45, 7) is 7.10. The summed E-state index contributed by atoms with van der Waals surface area (Å²) in [5.41, 5.74) is 2.25. The van der Waals surface area contributed by atoms with Crippen LogP contribution in [0.1, 0.15) is 37.4 Å². The average Bonchev–Trinajstić information content (AvgIpc) is 3.09. The fourth-order valence-electron chi connectivity index (χ4n) is 4.44. The van der Waals surface area contributed by atoms with Crippen molar-refractivity contribution in [1.29, 1.82) is 0 Å². The molecule has 1 saturated heterocycles. The van der Waals surface area contributed by atoms with Crippen molar-refractivity contribution in [3.8, 4) is 5.75 Å². The van der Waals surface area contributed by atoms with Gasteiger partial charge < -0.3 is 24.5 Å². The van der Waals surface area contributed by atoms with Crippen molar-refractivity contribution < 1.29 is 19.4 Å². The van der Waals surface area contributed by atoms with Gasteiger partial charge in [0.1, 0.15) is 11.5 Å². The molecule has 1 atom stereocenters. The number of hydrogen-bond donors (Lipinski definition) is 1. The Morgan fingerprint density at radius 2 is 1.74 bits per heavy atom. The van der Waals surface area contributed by atoms with E-state index in [-0.39, 0.29) is 11.3 Å². The van der Waals surface area contributed by atoms with Crippen LogP contribution in [0.2, 0.25) is 5.02 Å². The first-order valence-corrected chi connectivity index (χ1v) is 12.2. The normalized spacial score (nSPS) is 17.3. The van der Waals surface area contributed by atoms with Gasteiger partial charge in [-0.05, 0) is 76.8 Å². The number of hydrogen-bond acceptors (Lipinski definition) is 6. The first-order chi connectivity index (χ1) is 16.7. The van der Waals surface area contributed by atoms with E-state index in [0.29, 0.717) is 29.3 Å². The third kappa shape index (κ3) is 5.63. The maximum absolute atomic E-state index is 13.2. The second kappa shape index (κ2) is 11.6. The highest BCUT2D eigenvalue weighted by Crippen LogP contribution is 2.40. The molecule has 8 heteroatoms. The van der Waals surface area contributed by atoms with Crippen molar-refractivity contribution in [1.82, 2.24) is 9.80 Å². The van der Waals surface area contributed by atoms with Gasteiger partial charge in [-0.2, -0.15) is 0 Å². The molecule has 0 spiro atoms. The lowest BCUT2D eigenvalue weighted by molar-refractivity contribution is -0.139. The lowest BCUT2D eigenvalue weighted by Gasteiger charge is -2.27. The molecule has 7 nitrogen and oxygen atoms in total. The number of Topliss-reactive ketones (excluding diaryl/α,β-unsaturated/α-hetero) is 1. The molecule has 1 aliphatic rings. The van der Waals surface area contributed by atoms with Gasteiger partial charge in [-0.1, -0.05) is 23.7 Å². The fourth-order valence-corrected chi connectivity index (χ4v) is 4.70. The van der Waals surface area contributed by atoms with Crippen LogP contribution in [0.15, 0.2) is 48.0 Å². The summed E-state index contributed by atoms with van der Waals surface area (Å²) in [6, 6.07) is 11.9. The minimum absolute atomic E-state index is 0.0664. The Balaban J connectivity index is 2.09. The molecular formula is C27H34ClN3O4. The smallest absolute Gasteiger partial charge is 0.295 e. The van der Waals surface area contributed by atoms with Gasteiger partial charge in [-0.3, -0.25) is 9.59 Å². The lowest BCUT2D eigenvalue weighted by Crippen LogP contribution is -2.32. The molecular weight excluding hydrogens is 466 g/mol. The van der Waals surface area contributed by atoms with Crippen LogP contribution in [0.3, 0.4) is 0 Å². The largest absolute Gasteiger partial charge is 0.507 e. The zero-order valence-corrected chi connectivity index (χ0v) is 21.8. The number of ether oxygens (including phenoxy) is 1. The van der Waals surface area contributed by atoms with Gasteiger partial charge in [0.25, 0.3) is 11.7 Å². The Kier molecular flexibility index (Phi) is 8.81. The predicted octanol–water partition coefficient (Wildman–Crippen LogP) is 4.57. The number of carbonyl (C=O) groups is 2. The number of halogens is 1. The van der Waals surface area contributed by atoms with Gasteiger partial charge in [-0.15, -0.1) is 0 Å². The third-order valence-electron chi connectivity index (χ3n) is 6.31. The number of methoxy groups -OCH3 is 1. The Labute approximate surface area is 212 Å². The maximum Gasteiger partial charge on any atom is 0.295 e. The Morgan fingerprint density at radius 3 is 2.29 bits per heavy atom. The highest BCUT2D eigenvalue weighted by Gasteiger charge is 2.45. The number of carbonyl (C=O) groups excluding carboxylic acids is 2. The Hall–Kier alpha value is -3.03. The molecule has 2 aromatic carbocycles. The van der Waals surface area contributed by atoms with E-state index in [4.69, 9.17) is 16.3 Å². The highest BCUT2D eigenvalue weighted by molar-refractivity contribution is 6.46. The van der Waals surface area contributed by atoms with Crippen molar-refractivity contribution in [2.24, 2.45) is 0 Å². The second-order valence-corrected chi connectivity index (χ2v) is 9.17. The van der Waals surface area contributed by atoms with Crippen molar-refractivity contribution in [3.05, 3.63) is 64.2 Å². The molecule has 1 N–H and O–H groups in total. The molecule has 0 aliphatic carbocycles. The van der Waals surface area contributed by atoms with Crippen molar-refractivity contribution >= 4 is 34.7 Å². The highest BCUT2D eigenvalue weighted by atomic mass is 35.5. The standard InChI is InChI=1S/C27H34ClN3O4/c1-6-30(7-2)20-12-9-18(10-13-20)24-23(25(32)19-11-14-22(35-5)21(28)17-19)26(33)27(34)31(24)16-8-15-29(3)4/h9-14,17,24,32H,6-8,15-16H2,1-5H3/b25-23-. The zero-order valence-electron chi connectivity index (χ0n) is 21.0. The molecule has 0 saturated carbocycles. The summed E-state index contributed by atoms with van der Waals surface area (Å²) in [5, 5.41) is 11.5. The lowest BCUT2D eigenvalue weighted by atomic mass is 9.95. The van der Waals surface area contributed by atoms with E-state index < -0.39 is 17.7 Å². The van der Waals surface area contributed by atoms with Crippen molar-refractivity contribution in [2.45, 2.75) is 26.3 Å². The van der Waals surface area contributed by atoms with Crippen LogP contribution < -0.4 is 9.64 Å². The summed E-state index contributed by atoms with van der Waals surface area (Å²) < 4.78 is 5.20. The van der Waals surface area contributed by atoms with E-state index in [1.165, 1.54) is 13.2 Å². The van der Waals surface area contributed by atoms with Gasteiger partial charge in [0, 0.05) is 30.9 Å². The number of rotatable bonds is 10. The van der Waals surface area contributed by atoms with Gasteiger partial charge in [0.15, 0.2) is 0 Å². The number of likely N-dealkylation sites (tertiary alicyclic amines) is 1. The van der Waals surface area contributed by atoms with Crippen molar-refractivity contribution in [2.75, 3.05) is 52.3 Å². The number of benzene rings is 2. The number of ketones is 1. The molecule has 3 rings (SSSR count). The van der Waals surface area contributed by atoms with Crippen LogP contribution in [0.4, 0.5) is 5.69 Å². The number of aliphatic hydroxyl groups is 1. The monoisotopic (exact) mass is 499 g/mol. The van der Waals surface area contributed by atoms with Gasteiger partial charge in [0.05, 0.1) is 23.7 Å². The Morgan fingerprint density at radius 1 is 1.09 bits per heavy atom. The van der Waals surface area contributed by atoms with Crippen LogP contribution in [-0.2, 0) is 9.59 Å². The van der Waals surface area contributed by atoms with Crippen LogP contribution in [0, 0.1) is 0 Å². The van der Waals surface area contributed by atoms with E-state index in [0.717, 1.165) is 30.9 Å². The van der Waals surface area contributed by atoms with Crippen LogP contribution >= 0.6 is 11.6 Å². The molecule has 2 aromatic rings. The number of anilines is 1. The second-order valence-electron chi connectivity index (χ2n) is 8.76. The molecule has 1 aliphatic heterocycles. The summed E-state index contributed by atoms with van der Waals surface area (Å²) >= 11 is 6.27. The fraction of sp³-hybridized carbons (Fsp3) is 0.407. The van der Waals surface area contributed by atoms with Crippen LogP contribution in [0.25, 0.3) is 5.76 Å². The van der Waals surface area contributed by atoms with Gasteiger partial charge >= 0.3 is 0 Å². The van der Waals surface area contributed by atoms with E-state index >= 15 is 0 Å². The number of amides is 1. The SMILES string of the molecule is CCN(CC)c1ccc(C2/C(=C(/O)c3ccc(OC)c(Cl)c3)C(=O)C(=O)N2CCCN(C)C)cc1. The molecule has 1 amide bonds. The molecule has 1 heterocycles. The molecule has 0 radical (unpaired) electrons. The van der Waals surface area contributed by atoms with E-state index in [2.05, 4.69) is 18.7 Å². The van der Waals surface area contributed by atoms with Crippen molar-refractivity contribution in [3.63, 3.8) is 0 Å². The summed E-state index contributed by atoms with van der Waals surface area (Å²) in [5.74, 6) is -1.10. The van der Waals surface area contributed by atoms with E-state index in [1.807, 2.05) is 43.3 Å². The molecule has 188 valence electrons. The average molecular weight is 500 g/mol. The van der Waals surface area contributed by atoms with Crippen LogP contribution in [-0.4, -0.2) is 74.0 Å². The summed E-state index contributed by atoms with van der Waals surface area (Å²) in [6.07, 6.45) is 0.697. The van der Waals surface area contributed by atoms with Gasteiger partial charge in [0.2, 0.25) is 0 Å². The number of aliphatic hydroxyl groups excluding tert-OH is 1. The predicted molar refractivity (Wildman–Crippen MR) is 140 cm³/mol. The minimum atomic E-state index is -0.697. The third-order valence-corrected chi connectivity index (χ3v) is 6.60. The first-order valence-electron chi connectivity index (χ1n) is 11.8. The summed E-state index contributed by atoms with van der Waals surface area (Å²) in [4.78, 5) is 32.1. The summed E-state index contributed by atoms with van der Waals surface area (Å²) in [7, 11) is 5.43. The minimum Gasteiger partial charge on any atom is -0.507 e.